The Morgan fingerprint density at radius 3 is 1.63 bits per heavy atom. The molecule has 0 saturated heterocycles. The second-order valence-electron chi connectivity index (χ2n) is 14.5. The second kappa shape index (κ2) is 34.4. The molecular weight excluding hydrogens is 642 g/mol. The van der Waals surface area contributed by atoms with E-state index < -0.39 is 18.1 Å². The highest BCUT2D eigenvalue weighted by Gasteiger charge is 2.25. The van der Waals surface area contributed by atoms with Gasteiger partial charge in [-0.3, -0.25) is 9.59 Å². The molecule has 51 heavy (non-hydrogen) atoms. The van der Waals surface area contributed by atoms with Crippen LogP contribution in [0.4, 0.5) is 0 Å². The smallest absolute Gasteiger partial charge is 0.306 e. The van der Waals surface area contributed by atoms with Crippen LogP contribution in [-0.4, -0.2) is 75.5 Å². The van der Waals surface area contributed by atoms with Gasteiger partial charge < -0.3 is 28.6 Å². The Bertz CT molecular complexity index is 979. The Hall–Kier alpha value is -2.71. The van der Waals surface area contributed by atoms with Crippen molar-refractivity contribution in [3.8, 4) is 0 Å². The molecule has 0 radical (unpaired) electrons. The van der Waals surface area contributed by atoms with Gasteiger partial charge >= 0.3 is 11.9 Å². The minimum atomic E-state index is -1.13. The predicted molar refractivity (Wildman–Crippen MR) is 208 cm³/mol. The van der Waals surface area contributed by atoms with Crippen LogP contribution >= 0.6 is 0 Å². The van der Waals surface area contributed by atoms with Crippen LogP contribution < -0.4 is 5.11 Å². The van der Waals surface area contributed by atoms with E-state index in [0.717, 1.165) is 57.8 Å². The van der Waals surface area contributed by atoms with Crippen LogP contribution in [0.25, 0.3) is 0 Å². The third-order valence-corrected chi connectivity index (χ3v) is 8.73. The number of likely N-dealkylation sites (N-methyl/N-ethyl adjacent to an activating group) is 1. The maximum absolute atomic E-state index is 12.6. The first-order valence-corrected chi connectivity index (χ1v) is 20.2. The zero-order chi connectivity index (χ0) is 37.8. The first kappa shape index (κ1) is 48.3. The van der Waals surface area contributed by atoms with E-state index in [9.17, 15) is 19.5 Å². The van der Waals surface area contributed by atoms with Gasteiger partial charge in [0, 0.05) is 19.3 Å². The lowest BCUT2D eigenvalue weighted by Gasteiger charge is -2.34. The summed E-state index contributed by atoms with van der Waals surface area (Å²) < 4.78 is 17.1. The zero-order valence-corrected chi connectivity index (χ0v) is 33.3. The molecule has 294 valence electrons. The van der Waals surface area contributed by atoms with Crippen molar-refractivity contribution in [1.82, 2.24) is 0 Å². The van der Waals surface area contributed by atoms with E-state index >= 15 is 0 Å². The van der Waals surface area contributed by atoms with Crippen molar-refractivity contribution in [2.24, 2.45) is 0 Å². The van der Waals surface area contributed by atoms with Gasteiger partial charge in [0.1, 0.15) is 12.6 Å². The Balaban J connectivity index is 4.48. The molecule has 0 aliphatic rings. The van der Waals surface area contributed by atoms with Crippen LogP contribution in [0.1, 0.15) is 155 Å². The molecule has 0 amide bonds. The minimum absolute atomic E-state index is 0.0243. The molecule has 0 aromatic heterocycles. The lowest BCUT2D eigenvalue weighted by atomic mass is 10.0. The van der Waals surface area contributed by atoms with E-state index in [1.165, 1.54) is 57.8 Å². The summed E-state index contributed by atoms with van der Waals surface area (Å²) in [5, 5.41) is 11.6. The molecule has 8 heteroatoms. The van der Waals surface area contributed by atoms with E-state index in [0.29, 0.717) is 12.8 Å². The highest BCUT2D eigenvalue weighted by Crippen LogP contribution is 2.13. The molecule has 8 nitrogen and oxygen atoms in total. The van der Waals surface area contributed by atoms with Gasteiger partial charge in [0.2, 0.25) is 0 Å². The van der Waals surface area contributed by atoms with Crippen LogP contribution in [0.5, 0.6) is 0 Å². The van der Waals surface area contributed by atoms with Crippen molar-refractivity contribution in [3.63, 3.8) is 0 Å². The minimum Gasteiger partial charge on any atom is -0.544 e. The number of rotatable bonds is 35. The number of quaternary nitrogens is 1. The van der Waals surface area contributed by atoms with Crippen molar-refractivity contribution >= 4 is 17.9 Å². The number of allylic oxidation sites excluding steroid dienone is 8. The summed E-state index contributed by atoms with van der Waals surface area (Å²) in [5.74, 6) is -1.79. The first-order valence-electron chi connectivity index (χ1n) is 20.2. The summed E-state index contributed by atoms with van der Waals surface area (Å²) >= 11 is 0. The number of carboxylic acids is 1. The van der Waals surface area contributed by atoms with E-state index in [2.05, 4.69) is 62.5 Å². The number of carbonyl (C=O) groups excluding carboxylic acids is 3. The van der Waals surface area contributed by atoms with Gasteiger partial charge in [-0.15, -0.1) is 0 Å². The first-order chi connectivity index (χ1) is 24.6. The van der Waals surface area contributed by atoms with Crippen LogP contribution in [-0.2, 0) is 28.6 Å². The molecule has 2 unspecified atom stereocenters. The maximum atomic E-state index is 12.6. The second-order valence-corrected chi connectivity index (χ2v) is 14.5. The molecule has 0 bridgehead atoms. The molecule has 0 aliphatic carbocycles. The fourth-order valence-electron chi connectivity index (χ4n) is 5.59. The van der Waals surface area contributed by atoms with Crippen molar-refractivity contribution in [2.75, 3.05) is 41.0 Å². The summed E-state index contributed by atoms with van der Waals surface area (Å²) in [5.41, 5.74) is 0. The molecule has 2 atom stereocenters. The summed E-state index contributed by atoms with van der Waals surface area (Å²) in [6, 6.07) is -0.732. The molecule has 0 aliphatic heterocycles. The van der Waals surface area contributed by atoms with Gasteiger partial charge in [0.25, 0.3) is 0 Å². The van der Waals surface area contributed by atoms with Crippen LogP contribution in [0, 0.1) is 0 Å². The average Bonchev–Trinajstić information content (AvgIpc) is 3.08. The molecule has 0 spiro atoms. The number of carboxylic acid groups (broad SMARTS) is 1. The Kier molecular flexibility index (Phi) is 32.6. The van der Waals surface area contributed by atoms with Gasteiger partial charge in [-0.2, -0.15) is 0 Å². The number of ether oxygens (including phenoxy) is 3. The number of aliphatic carboxylic acids is 1. The van der Waals surface area contributed by atoms with Crippen molar-refractivity contribution in [2.45, 2.75) is 167 Å². The molecule has 0 heterocycles. The summed E-state index contributed by atoms with van der Waals surface area (Å²) in [6.45, 7) is 4.48. The van der Waals surface area contributed by atoms with Crippen LogP contribution in [0.3, 0.4) is 0 Å². The lowest BCUT2D eigenvalue weighted by molar-refractivity contribution is -0.889. The Morgan fingerprint density at radius 2 is 1.10 bits per heavy atom. The molecule has 0 saturated carbocycles. The van der Waals surface area contributed by atoms with E-state index in [1.54, 1.807) is 21.1 Å². The summed E-state index contributed by atoms with van der Waals surface area (Å²) in [7, 11) is 5.38. The monoisotopic (exact) mass is 718 g/mol. The normalized spacial score (nSPS) is 13.5. The molecule has 0 aromatic carbocycles. The number of unbranched alkanes of at least 4 members (excludes halogenated alkanes) is 13. The third-order valence-electron chi connectivity index (χ3n) is 8.73. The number of hydrogen-bond acceptors (Lipinski definition) is 7. The van der Waals surface area contributed by atoms with Crippen LogP contribution in [0.15, 0.2) is 48.6 Å². The van der Waals surface area contributed by atoms with Gasteiger partial charge in [-0.1, -0.05) is 133 Å². The highest BCUT2D eigenvalue weighted by atomic mass is 16.6. The largest absolute Gasteiger partial charge is 0.544 e. The van der Waals surface area contributed by atoms with Crippen molar-refractivity contribution in [3.05, 3.63) is 48.6 Å². The van der Waals surface area contributed by atoms with Gasteiger partial charge in [0.05, 0.1) is 40.3 Å². The molecule has 0 rings (SSSR count). The van der Waals surface area contributed by atoms with Gasteiger partial charge in [-0.05, 0) is 51.4 Å². The Morgan fingerprint density at radius 1 is 0.608 bits per heavy atom. The topological polar surface area (TPSA) is 102 Å². The Labute approximate surface area is 312 Å². The van der Waals surface area contributed by atoms with Gasteiger partial charge in [0.15, 0.2) is 6.10 Å². The number of hydrogen-bond donors (Lipinski definition) is 0. The molecule has 0 fully saturated rings. The molecular formula is C43H75NO7. The lowest BCUT2D eigenvalue weighted by Crippen LogP contribution is -2.55. The molecule has 0 N–H and O–H groups in total. The van der Waals surface area contributed by atoms with E-state index in [-0.39, 0.29) is 49.1 Å². The fourth-order valence-corrected chi connectivity index (χ4v) is 5.59. The summed E-state index contributed by atoms with van der Waals surface area (Å²) in [4.78, 5) is 36.7. The fraction of sp³-hybridized carbons (Fsp3) is 0.744. The van der Waals surface area contributed by atoms with Gasteiger partial charge in [-0.25, -0.2) is 0 Å². The van der Waals surface area contributed by atoms with E-state index in [4.69, 9.17) is 14.2 Å². The standard InChI is InChI=1S/C43H75NO7/c1-6-8-10-12-14-16-18-20-21-22-24-26-28-30-32-34-42(46)51-39(37-49-36-35-40(43(47)48)44(3,4)5)38-50-41(45)33-31-29-27-25-23-19-17-15-13-11-9-7-2/h8,10,14,16,20-21,24,26,39-40H,6-7,9,11-13,15,17-19,22-23,25,27-38H2,1-5H3/b10-8-,16-14-,21-20-,26-24-. The molecule has 0 aromatic rings. The summed E-state index contributed by atoms with van der Waals surface area (Å²) in [6.07, 6.45) is 38.5. The van der Waals surface area contributed by atoms with Crippen molar-refractivity contribution in [1.29, 1.82) is 0 Å². The average molecular weight is 718 g/mol. The highest BCUT2D eigenvalue weighted by molar-refractivity contribution is 5.70. The predicted octanol–water partition coefficient (Wildman–Crippen LogP) is 9.13. The maximum Gasteiger partial charge on any atom is 0.306 e. The number of carbonyl (C=O) groups is 3. The van der Waals surface area contributed by atoms with Crippen molar-refractivity contribution < 1.29 is 38.2 Å². The number of nitrogens with zero attached hydrogens (tertiary/aromatic N) is 1. The zero-order valence-electron chi connectivity index (χ0n) is 33.3. The number of esters is 2. The quantitative estimate of drug-likeness (QED) is 0.0279. The van der Waals surface area contributed by atoms with E-state index in [1.807, 2.05) is 0 Å². The SMILES string of the molecule is CC/C=C\C/C=C\C/C=C\C/C=C\CCCCC(=O)OC(COCCC(C(=O)[O-])[N+](C)(C)C)COC(=O)CCCCCCCCCCCCCC. The third kappa shape index (κ3) is 32.9. The van der Waals surface area contributed by atoms with Crippen LogP contribution in [0.2, 0.25) is 0 Å².